The zero-order chi connectivity index (χ0) is 29.5. The van der Waals surface area contributed by atoms with E-state index in [2.05, 4.69) is 15.9 Å². The standard InChI is InChI=1S/C29H27BrF2N2O6S/c1-38-15-39-14-19-9-16(10-23(32)27(19)30)13-34(41(2,36)37)24-12-25-22(11-21(24)17-3-4-17)26(29(33)35)28(40-25)18-5-7-20(31)8-6-18/h5-12,17H,3-4,13-15H2,1-2H3,(H2,33,35). The third kappa shape index (κ3) is 6.15. The third-order valence-corrected chi connectivity index (χ3v) is 8.84. The summed E-state index contributed by atoms with van der Waals surface area (Å²) in [5, 5.41) is 0.434. The number of rotatable bonds is 11. The van der Waals surface area contributed by atoms with Crippen LogP contribution in [0.4, 0.5) is 14.5 Å². The molecule has 2 N–H and O–H groups in total. The van der Waals surface area contributed by atoms with Crippen molar-refractivity contribution in [2.24, 2.45) is 5.73 Å². The number of nitrogens with zero attached hydrogens (tertiary/aromatic N) is 1. The monoisotopic (exact) mass is 648 g/mol. The number of amides is 1. The van der Waals surface area contributed by atoms with Gasteiger partial charge in [-0.2, -0.15) is 0 Å². The summed E-state index contributed by atoms with van der Waals surface area (Å²) in [5.41, 5.74) is 8.52. The maximum atomic E-state index is 14.8. The first-order chi connectivity index (χ1) is 19.5. The van der Waals surface area contributed by atoms with Crippen molar-refractivity contribution >= 4 is 48.5 Å². The number of halogens is 3. The molecule has 0 atom stereocenters. The Kier molecular flexibility index (Phi) is 8.20. The van der Waals surface area contributed by atoms with Gasteiger partial charge < -0.3 is 19.6 Å². The molecular formula is C29H27BrF2N2O6S. The molecule has 41 heavy (non-hydrogen) atoms. The first-order valence-corrected chi connectivity index (χ1v) is 15.3. The summed E-state index contributed by atoms with van der Waals surface area (Å²) in [5.74, 6) is -1.53. The van der Waals surface area contributed by atoms with E-state index in [9.17, 15) is 22.0 Å². The highest BCUT2D eigenvalue weighted by Crippen LogP contribution is 2.48. The molecule has 1 amide bonds. The fourth-order valence-electron chi connectivity index (χ4n) is 4.82. The summed E-state index contributed by atoms with van der Waals surface area (Å²) in [6, 6.07) is 11.7. The van der Waals surface area contributed by atoms with Crippen LogP contribution < -0.4 is 10.0 Å². The smallest absolute Gasteiger partial charge is 0.253 e. The fourth-order valence-corrected chi connectivity index (χ4v) is 6.06. The van der Waals surface area contributed by atoms with Gasteiger partial charge in [0.2, 0.25) is 10.0 Å². The number of carbonyl (C=O) groups excluding carboxylic acids is 1. The number of furan rings is 1. The van der Waals surface area contributed by atoms with Crippen molar-refractivity contribution in [3.8, 4) is 11.3 Å². The van der Waals surface area contributed by atoms with Gasteiger partial charge in [-0.3, -0.25) is 9.10 Å². The lowest BCUT2D eigenvalue weighted by atomic mass is 10.0. The minimum atomic E-state index is -3.87. The summed E-state index contributed by atoms with van der Waals surface area (Å²) in [6.45, 7) is -0.111. The summed E-state index contributed by atoms with van der Waals surface area (Å²) in [4.78, 5) is 12.6. The molecule has 12 heteroatoms. The number of anilines is 1. The maximum Gasteiger partial charge on any atom is 0.253 e. The van der Waals surface area contributed by atoms with E-state index in [0.29, 0.717) is 33.3 Å². The quantitative estimate of drug-likeness (QED) is 0.153. The Morgan fingerprint density at radius 3 is 2.46 bits per heavy atom. The van der Waals surface area contributed by atoms with Gasteiger partial charge in [-0.05, 0) is 87.8 Å². The number of hydrogen-bond donors (Lipinski definition) is 1. The molecule has 1 aliphatic carbocycles. The molecule has 0 aliphatic heterocycles. The normalized spacial score (nSPS) is 13.6. The molecule has 0 saturated heterocycles. The molecule has 3 aromatic carbocycles. The summed E-state index contributed by atoms with van der Waals surface area (Å²) in [6.07, 6.45) is 2.74. The summed E-state index contributed by atoms with van der Waals surface area (Å²) >= 11 is 3.23. The molecule has 1 heterocycles. The second kappa shape index (κ2) is 11.5. The Morgan fingerprint density at radius 1 is 1.15 bits per heavy atom. The number of sulfonamides is 1. The molecule has 1 fully saturated rings. The Labute approximate surface area is 244 Å². The van der Waals surface area contributed by atoms with Crippen LogP contribution in [-0.2, 0) is 32.6 Å². The number of carbonyl (C=O) groups is 1. The predicted octanol–water partition coefficient (Wildman–Crippen LogP) is 6.20. The van der Waals surface area contributed by atoms with Gasteiger partial charge in [0.25, 0.3) is 5.91 Å². The molecule has 0 spiro atoms. The lowest BCUT2D eigenvalue weighted by Gasteiger charge is -2.26. The average molecular weight is 650 g/mol. The van der Waals surface area contributed by atoms with Crippen LogP contribution in [0, 0.1) is 11.6 Å². The molecule has 216 valence electrons. The highest BCUT2D eigenvalue weighted by atomic mass is 79.9. The predicted molar refractivity (Wildman–Crippen MR) is 154 cm³/mol. The largest absolute Gasteiger partial charge is 0.455 e. The lowest BCUT2D eigenvalue weighted by molar-refractivity contribution is -0.0393. The fraction of sp³-hybridized carbons (Fsp3) is 0.276. The van der Waals surface area contributed by atoms with E-state index >= 15 is 0 Å². The van der Waals surface area contributed by atoms with Crippen molar-refractivity contribution < 1.29 is 35.9 Å². The van der Waals surface area contributed by atoms with Crippen molar-refractivity contribution in [3.05, 3.63) is 86.9 Å². The second-order valence-electron chi connectivity index (χ2n) is 9.93. The first-order valence-electron chi connectivity index (χ1n) is 12.6. The van der Waals surface area contributed by atoms with Gasteiger partial charge in [-0.15, -0.1) is 0 Å². The van der Waals surface area contributed by atoms with Crippen LogP contribution in [-0.4, -0.2) is 34.5 Å². The average Bonchev–Trinajstić information content (AvgIpc) is 3.69. The van der Waals surface area contributed by atoms with E-state index < -0.39 is 27.6 Å². The van der Waals surface area contributed by atoms with Crippen molar-refractivity contribution in [1.29, 1.82) is 0 Å². The van der Waals surface area contributed by atoms with Crippen LogP contribution in [0.3, 0.4) is 0 Å². The van der Waals surface area contributed by atoms with E-state index in [4.69, 9.17) is 19.6 Å². The van der Waals surface area contributed by atoms with Crippen LogP contribution >= 0.6 is 15.9 Å². The summed E-state index contributed by atoms with van der Waals surface area (Å²) in [7, 11) is -2.40. The first kappa shape index (κ1) is 29.2. The Bertz CT molecular complexity index is 1740. The van der Waals surface area contributed by atoms with Gasteiger partial charge >= 0.3 is 0 Å². The van der Waals surface area contributed by atoms with E-state index in [-0.39, 0.29) is 47.2 Å². The Morgan fingerprint density at radius 2 is 1.85 bits per heavy atom. The minimum absolute atomic E-state index is 0.00879. The highest BCUT2D eigenvalue weighted by molar-refractivity contribution is 9.10. The molecule has 4 aromatic rings. The van der Waals surface area contributed by atoms with Gasteiger partial charge in [0, 0.05) is 24.1 Å². The molecular weight excluding hydrogens is 622 g/mol. The zero-order valence-corrected chi connectivity index (χ0v) is 24.7. The van der Waals surface area contributed by atoms with Gasteiger partial charge in [-0.25, -0.2) is 17.2 Å². The second-order valence-corrected chi connectivity index (χ2v) is 12.6. The number of hydrogen-bond acceptors (Lipinski definition) is 6. The van der Waals surface area contributed by atoms with E-state index in [1.54, 1.807) is 18.2 Å². The SMILES string of the molecule is COCOCc1cc(CN(c2cc3oc(-c4ccc(F)cc4)c(C(N)=O)c3cc2C2CC2)S(C)(=O)=O)cc(F)c1Br. The van der Waals surface area contributed by atoms with Gasteiger partial charge in [0.05, 0.1) is 35.1 Å². The molecule has 1 aromatic heterocycles. The molecule has 1 saturated carbocycles. The summed E-state index contributed by atoms with van der Waals surface area (Å²) < 4.78 is 72.6. The third-order valence-electron chi connectivity index (χ3n) is 6.82. The highest BCUT2D eigenvalue weighted by Gasteiger charge is 2.33. The molecule has 5 rings (SSSR count). The van der Waals surface area contributed by atoms with Crippen molar-refractivity contribution in [2.75, 3.05) is 24.5 Å². The zero-order valence-electron chi connectivity index (χ0n) is 22.2. The van der Waals surface area contributed by atoms with Crippen molar-refractivity contribution in [3.63, 3.8) is 0 Å². The Hall–Kier alpha value is -3.32. The number of primary amides is 1. The van der Waals surface area contributed by atoms with Gasteiger partial charge in [0.1, 0.15) is 29.8 Å². The van der Waals surface area contributed by atoms with Crippen molar-refractivity contribution in [2.45, 2.75) is 31.9 Å². The lowest BCUT2D eigenvalue weighted by Crippen LogP contribution is -2.30. The van der Waals surface area contributed by atoms with E-state index in [0.717, 1.165) is 19.1 Å². The number of methoxy groups -OCH3 is 1. The van der Waals surface area contributed by atoms with Gasteiger partial charge in [0.15, 0.2) is 0 Å². The van der Waals surface area contributed by atoms with Crippen LogP contribution in [0.5, 0.6) is 0 Å². The minimum Gasteiger partial charge on any atom is -0.455 e. The molecule has 0 unspecified atom stereocenters. The number of benzene rings is 3. The number of ether oxygens (including phenoxy) is 2. The molecule has 0 radical (unpaired) electrons. The van der Waals surface area contributed by atoms with E-state index in [1.807, 2.05) is 0 Å². The molecule has 8 nitrogen and oxygen atoms in total. The van der Waals surface area contributed by atoms with Crippen LogP contribution in [0.2, 0.25) is 0 Å². The van der Waals surface area contributed by atoms with Crippen molar-refractivity contribution in [1.82, 2.24) is 0 Å². The van der Waals surface area contributed by atoms with Crippen LogP contribution in [0.1, 0.15) is 45.8 Å². The van der Waals surface area contributed by atoms with Gasteiger partial charge in [-0.1, -0.05) is 6.07 Å². The van der Waals surface area contributed by atoms with Crippen LogP contribution in [0.25, 0.3) is 22.3 Å². The van der Waals surface area contributed by atoms with E-state index in [1.165, 1.54) is 41.7 Å². The topological polar surface area (TPSA) is 112 Å². The Balaban J connectivity index is 1.64. The number of nitrogens with two attached hydrogens (primary N) is 1. The molecule has 0 bridgehead atoms. The maximum absolute atomic E-state index is 14.8. The van der Waals surface area contributed by atoms with Crippen LogP contribution in [0.15, 0.2) is 57.4 Å². The molecule has 1 aliphatic rings. The number of fused-ring (bicyclic) bond motifs is 1.